The third kappa shape index (κ3) is 3.51. The minimum atomic E-state index is -0.760. The van der Waals surface area contributed by atoms with E-state index in [9.17, 15) is 14.7 Å². The highest BCUT2D eigenvalue weighted by Crippen LogP contribution is 2.35. The van der Waals surface area contributed by atoms with E-state index in [-0.39, 0.29) is 5.91 Å². The van der Waals surface area contributed by atoms with Crippen LogP contribution in [0.25, 0.3) is 0 Å². The quantitative estimate of drug-likeness (QED) is 0.866. The molecule has 4 heteroatoms. The molecule has 2 rings (SSSR count). The van der Waals surface area contributed by atoms with E-state index in [1.807, 2.05) is 30.3 Å². The second kappa shape index (κ2) is 6.57. The molecule has 1 saturated heterocycles. The number of amides is 1. The first-order valence-corrected chi connectivity index (χ1v) is 7.26. The molecule has 112 valence electrons. The first-order chi connectivity index (χ1) is 10.1. The van der Waals surface area contributed by atoms with Crippen LogP contribution in [0.1, 0.15) is 25.3 Å². The van der Waals surface area contributed by atoms with Crippen LogP contribution in [0, 0.1) is 5.41 Å². The number of nitrogens with zero attached hydrogens (tertiary/aromatic N) is 1. The molecule has 0 unspecified atom stereocenters. The number of hydrogen-bond acceptors (Lipinski definition) is 2. The SMILES string of the molecule is C/C=C/C(=O)N1CCC(Cc2ccccc2)(C(=O)O)CC1. The van der Waals surface area contributed by atoms with Crippen LogP contribution in [0.15, 0.2) is 42.5 Å². The van der Waals surface area contributed by atoms with Crippen molar-refractivity contribution in [3.63, 3.8) is 0 Å². The molecule has 4 nitrogen and oxygen atoms in total. The fourth-order valence-electron chi connectivity index (χ4n) is 2.86. The van der Waals surface area contributed by atoms with Crippen LogP contribution in [0.5, 0.6) is 0 Å². The van der Waals surface area contributed by atoms with Gasteiger partial charge in [-0.15, -0.1) is 0 Å². The topological polar surface area (TPSA) is 57.6 Å². The summed E-state index contributed by atoms with van der Waals surface area (Å²) >= 11 is 0. The van der Waals surface area contributed by atoms with Gasteiger partial charge in [0.25, 0.3) is 0 Å². The zero-order valence-corrected chi connectivity index (χ0v) is 12.3. The predicted molar refractivity (Wildman–Crippen MR) is 80.8 cm³/mol. The highest BCUT2D eigenvalue weighted by Gasteiger charge is 2.42. The predicted octanol–water partition coefficient (Wildman–Crippen LogP) is 2.50. The van der Waals surface area contributed by atoms with Crippen molar-refractivity contribution in [3.8, 4) is 0 Å². The molecule has 1 heterocycles. The number of benzene rings is 1. The Morgan fingerprint density at radius 1 is 1.24 bits per heavy atom. The molecule has 21 heavy (non-hydrogen) atoms. The van der Waals surface area contributed by atoms with Crippen molar-refractivity contribution in [2.24, 2.45) is 5.41 Å². The maximum absolute atomic E-state index is 11.8. The molecule has 0 spiro atoms. The highest BCUT2D eigenvalue weighted by atomic mass is 16.4. The zero-order chi connectivity index (χ0) is 15.3. The number of piperidine rings is 1. The summed E-state index contributed by atoms with van der Waals surface area (Å²) in [7, 11) is 0. The Bertz CT molecular complexity index is 528. The van der Waals surface area contributed by atoms with E-state index in [1.54, 1.807) is 17.9 Å². The van der Waals surface area contributed by atoms with Crippen molar-refractivity contribution < 1.29 is 14.7 Å². The van der Waals surface area contributed by atoms with E-state index in [2.05, 4.69) is 0 Å². The summed E-state index contributed by atoms with van der Waals surface area (Å²) in [5.41, 5.74) is 0.279. The second-order valence-corrected chi connectivity index (χ2v) is 5.57. The minimum absolute atomic E-state index is 0.0313. The molecule has 1 aliphatic heterocycles. The molecule has 1 amide bonds. The smallest absolute Gasteiger partial charge is 0.310 e. The number of carbonyl (C=O) groups excluding carboxylic acids is 1. The lowest BCUT2D eigenvalue weighted by Gasteiger charge is -2.38. The molecule has 1 fully saturated rings. The van der Waals surface area contributed by atoms with Crippen LogP contribution in [0.3, 0.4) is 0 Å². The summed E-state index contributed by atoms with van der Waals surface area (Å²) < 4.78 is 0. The zero-order valence-electron chi connectivity index (χ0n) is 12.3. The molecule has 1 aliphatic rings. The van der Waals surface area contributed by atoms with Crippen LogP contribution in [0.4, 0.5) is 0 Å². The highest BCUT2D eigenvalue weighted by molar-refractivity contribution is 5.87. The molecule has 1 aromatic carbocycles. The van der Waals surface area contributed by atoms with Crippen molar-refractivity contribution in [2.75, 3.05) is 13.1 Å². The number of hydrogen-bond donors (Lipinski definition) is 1. The Kier molecular flexibility index (Phi) is 4.78. The van der Waals surface area contributed by atoms with Crippen molar-refractivity contribution in [2.45, 2.75) is 26.2 Å². The third-order valence-electron chi connectivity index (χ3n) is 4.18. The van der Waals surface area contributed by atoms with Crippen LogP contribution in [0.2, 0.25) is 0 Å². The number of rotatable bonds is 4. The standard InChI is InChI=1S/C17H21NO3/c1-2-6-15(19)18-11-9-17(10-12-18,16(20)21)13-14-7-4-3-5-8-14/h2-8H,9-13H2,1H3,(H,20,21)/b6-2+. The average molecular weight is 287 g/mol. The number of aliphatic carboxylic acids is 1. The molecule has 0 radical (unpaired) electrons. The van der Waals surface area contributed by atoms with Gasteiger partial charge in [-0.1, -0.05) is 36.4 Å². The normalized spacial score (nSPS) is 17.9. The fourth-order valence-corrected chi connectivity index (χ4v) is 2.86. The summed E-state index contributed by atoms with van der Waals surface area (Å²) in [6.45, 7) is 2.81. The number of likely N-dealkylation sites (tertiary alicyclic amines) is 1. The molecule has 0 aliphatic carbocycles. The van der Waals surface area contributed by atoms with Crippen molar-refractivity contribution in [3.05, 3.63) is 48.0 Å². The Hall–Kier alpha value is -2.10. The van der Waals surface area contributed by atoms with Gasteiger partial charge in [-0.2, -0.15) is 0 Å². The van der Waals surface area contributed by atoms with Crippen molar-refractivity contribution in [1.82, 2.24) is 4.90 Å². The average Bonchev–Trinajstić information content (AvgIpc) is 2.49. The van der Waals surface area contributed by atoms with Gasteiger partial charge in [-0.3, -0.25) is 9.59 Å². The molecular formula is C17H21NO3. The number of carbonyl (C=O) groups is 2. The van der Waals surface area contributed by atoms with Gasteiger partial charge in [0.05, 0.1) is 5.41 Å². The fraction of sp³-hybridized carbons (Fsp3) is 0.412. The molecule has 0 saturated carbocycles. The second-order valence-electron chi connectivity index (χ2n) is 5.57. The van der Waals surface area contributed by atoms with Gasteiger partial charge in [-0.05, 0) is 37.8 Å². The number of allylic oxidation sites excluding steroid dienone is 1. The summed E-state index contributed by atoms with van der Waals surface area (Å²) in [5, 5.41) is 9.66. The molecule has 0 atom stereocenters. The summed E-state index contributed by atoms with van der Waals surface area (Å²) in [6, 6.07) is 9.70. The molecule has 0 aromatic heterocycles. The first-order valence-electron chi connectivity index (χ1n) is 7.26. The van der Waals surface area contributed by atoms with Crippen LogP contribution >= 0.6 is 0 Å². The third-order valence-corrected chi connectivity index (χ3v) is 4.18. The van der Waals surface area contributed by atoms with Gasteiger partial charge < -0.3 is 10.0 Å². The first kappa shape index (κ1) is 15.3. The van der Waals surface area contributed by atoms with Gasteiger partial charge in [-0.25, -0.2) is 0 Å². The number of carboxylic acid groups (broad SMARTS) is 1. The van der Waals surface area contributed by atoms with E-state index < -0.39 is 11.4 Å². The van der Waals surface area contributed by atoms with Crippen molar-refractivity contribution >= 4 is 11.9 Å². The lowest BCUT2D eigenvalue weighted by Crippen LogP contribution is -2.47. The van der Waals surface area contributed by atoms with Crippen LogP contribution in [-0.2, 0) is 16.0 Å². The summed E-state index contributed by atoms with van der Waals surface area (Å²) in [4.78, 5) is 25.3. The van der Waals surface area contributed by atoms with E-state index >= 15 is 0 Å². The van der Waals surface area contributed by atoms with Gasteiger partial charge >= 0.3 is 5.97 Å². The maximum atomic E-state index is 11.8. The van der Waals surface area contributed by atoms with Gasteiger partial charge in [0, 0.05) is 13.1 Å². The molecule has 0 bridgehead atoms. The number of carboxylic acids is 1. The van der Waals surface area contributed by atoms with Crippen LogP contribution in [-0.4, -0.2) is 35.0 Å². The minimum Gasteiger partial charge on any atom is -0.481 e. The van der Waals surface area contributed by atoms with Gasteiger partial charge in [0.2, 0.25) is 5.91 Å². The van der Waals surface area contributed by atoms with E-state index in [4.69, 9.17) is 0 Å². The van der Waals surface area contributed by atoms with Gasteiger partial charge in [0.1, 0.15) is 0 Å². The monoisotopic (exact) mass is 287 g/mol. The van der Waals surface area contributed by atoms with Crippen LogP contribution < -0.4 is 0 Å². The largest absolute Gasteiger partial charge is 0.481 e. The van der Waals surface area contributed by atoms with Gasteiger partial charge in [0.15, 0.2) is 0 Å². The molecule has 1 N–H and O–H groups in total. The maximum Gasteiger partial charge on any atom is 0.310 e. The molecular weight excluding hydrogens is 266 g/mol. The molecule has 1 aromatic rings. The Balaban J connectivity index is 2.09. The Morgan fingerprint density at radius 2 is 1.86 bits per heavy atom. The van der Waals surface area contributed by atoms with E-state index in [1.165, 1.54) is 6.08 Å². The van der Waals surface area contributed by atoms with E-state index in [0.29, 0.717) is 32.4 Å². The summed E-state index contributed by atoms with van der Waals surface area (Å²) in [6.07, 6.45) is 4.77. The Morgan fingerprint density at radius 3 is 2.38 bits per heavy atom. The lowest BCUT2D eigenvalue weighted by molar-refractivity contribution is -0.153. The lowest BCUT2D eigenvalue weighted by atomic mass is 9.74. The van der Waals surface area contributed by atoms with Crippen molar-refractivity contribution in [1.29, 1.82) is 0 Å². The summed E-state index contributed by atoms with van der Waals surface area (Å²) in [5.74, 6) is -0.791. The van der Waals surface area contributed by atoms with E-state index in [0.717, 1.165) is 5.56 Å². The Labute approximate surface area is 125 Å².